The third kappa shape index (κ3) is 2.19. The van der Waals surface area contributed by atoms with Gasteiger partial charge in [0, 0.05) is 5.92 Å². The number of alkyl halides is 1. The van der Waals surface area contributed by atoms with Crippen LogP contribution in [0.2, 0.25) is 5.02 Å². The molecule has 68 valence electrons. The summed E-state index contributed by atoms with van der Waals surface area (Å²) >= 11 is 5.73. The minimum atomic E-state index is -0.424. The zero-order valence-corrected chi connectivity index (χ0v) is 7.98. The lowest BCUT2D eigenvalue weighted by Crippen LogP contribution is -1.95. The van der Waals surface area contributed by atoms with E-state index in [1.54, 1.807) is 25.1 Å². The molecule has 0 aliphatic heterocycles. The van der Waals surface area contributed by atoms with E-state index in [0.29, 0.717) is 10.6 Å². The van der Waals surface area contributed by atoms with E-state index in [1.165, 1.54) is 0 Å². The Morgan fingerprint density at radius 2 is 2.31 bits per heavy atom. The van der Waals surface area contributed by atoms with Crippen molar-refractivity contribution in [2.24, 2.45) is 0 Å². The molecule has 0 aliphatic carbocycles. The van der Waals surface area contributed by atoms with Crippen molar-refractivity contribution < 1.29 is 4.39 Å². The van der Waals surface area contributed by atoms with E-state index in [9.17, 15) is 4.39 Å². The van der Waals surface area contributed by atoms with Gasteiger partial charge in [0.1, 0.15) is 6.07 Å². The summed E-state index contributed by atoms with van der Waals surface area (Å²) < 4.78 is 12.3. The van der Waals surface area contributed by atoms with E-state index in [1.807, 2.05) is 6.07 Å². The molecule has 1 atom stereocenters. The second kappa shape index (κ2) is 4.25. The van der Waals surface area contributed by atoms with Crippen molar-refractivity contribution in [1.29, 1.82) is 5.26 Å². The van der Waals surface area contributed by atoms with Gasteiger partial charge in [0.2, 0.25) is 0 Å². The van der Waals surface area contributed by atoms with Gasteiger partial charge in [-0.25, -0.2) is 0 Å². The molecular weight excluding hydrogens is 189 g/mol. The molecule has 1 nitrogen and oxygen atoms in total. The number of benzene rings is 1. The number of hydrogen-bond acceptors (Lipinski definition) is 1. The molecule has 0 aliphatic rings. The van der Waals surface area contributed by atoms with Crippen molar-refractivity contribution in [3.63, 3.8) is 0 Å². The van der Waals surface area contributed by atoms with Gasteiger partial charge in [-0.1, -0.05) is 24.6 Å². The van der Waals surface area contributed by atoms with Gasteiger partial charge in [0.25, 0.3) is 0 Å². The molecule has 1 aromatic carbocycles. The second-order valence-corrected chi connectivity index (χ2v) is 3.31. The SMILES string of the molecule is CC(CF)c1ccc(Cl)c(C#N)c1. The van der Waals surface area contributed by atoms with E-state index in [0.717, 1.165) is 5.56 Å². The highest BCUT2D eigenvalue weighted by Crippen LogP contribution is 2.22. The minimum Gasteiger partial charge on any atom is -0.250 e. The van der Waals surface area contributed by atoms with Gasteiger partial charge in [-0.3, -0.25) is 4.39 Å². The first kappa shape index (κ1) is 10.0. The molecule has 0 spiro atoms. The minimum absolute atomic E-state index is 0.177. The topological polar surface area (TPSA) is 23.8 Å². The lowest BCUT2D eigenvalue weighted by atomic mass is 10.0. The third-order valence-electron chi connectivity index (χ3n) is 1.91. The fourth-order valence-electron chi connectivity index (χ4n) is 1.02. The van der Waals surface area contributed by atoms with Crippen LogP contribution in [0.15, 0.2) is 18.2 Å². The largest absolute Gasteiger partial charge is 0.250 e. The highest BCUT2D eigenvalue weighted by Gasteiger charge is 2.07. The maximum Gasteiger partial charge on any atom is 0.101 e. The highest BCUT2D eigenvalue weighted by molar-refractivity contribution is 6.31. The highest BCUT2D eigenvalue weighted by atomic mass is 35.5. The number of nitrogens with zero attached hydrogens (tertiary/aromatic N) is 1. The maximum atomic E-state index is 12.3. The Hall–Kier alpha value is -1.07. The summed E-state index contributed by atoms with van der Waals surface area (Å²) in [4.78, 5) is 0. The van der Waals surface area contributed by atoms with Crippen molar-refractivity contribution in [3.8, 4) is 6.07 Å². The molecule has 13 heavy (non-hydrogen) atoms. The summed E-state index contributed by atoms with van der Waals surface area (Å²) in [7, 11) is 0. The first-order valence-electron chi connectivity index (χ1n) is 3.94. The number of rotatable bonds is 2. The fraction of sp³-hybridized carbons (Fsp3) is 0.300. The molecule has 0 heterocycles. The fourth-order valence-corrected chi connectivity index (χ4v) is 1.18. The molecule has 0 aromatic heterocycles. The van der Waals surface area contributed by atoms with Crippen molar-refractivity contribution in [3.05, 3.63) is 34.3 Å². The van der Waals surface area contributed by atoms with Gasteiger partial charge in [-0.15, -0.1) is 0 Å². The van der Waals surface area contributed by atoms with Gasteiger partial charge in [0.15, 0.2) is 0 Å². The molecule has 1 unspecified atom stereocenters. The van der Waals surface area contributed by atoms with E-state index >= 15 is 0 Å². The molecule has 1 aromatic rings. The van der Waals surface area contributed by atoms with Crippen LogP contribution in [0.3, 0.4) is 0 Å². The van der Waals surface area contributed by atoms with Gasteiger partial charge in [-0.05, 0) is 17.7 Å². The van der Waals surface area contributed by atoms with Gasteiger partial charge >= 0.3 is 0 Å². The summed E-state index contributed by atoms with van der Waals surface area (Å²) in [5.74, 6) is -0.177. The zero-order chi connectivity index (χ0) is 9.84. The van der Waals surface area contributed by atoms with Crippen LogP contribution in [0.1, 0.15) is 24.0 Å². The van der Waals surface area contributed by atoms with Crippen LogP contribution in [0.5, 0.6) is 0 Å². The van der Waals surface area contributed by atoms with Crippen molar-refractivity contribution in [1.82, 2.24) is 0 Å². The van der Waals surface area contributed by atoms with Gasteiger partial charge < -0.3 is 0 Å². The van der Waals surface area contributed by atoms with Gasteiger partial charge in [-0.2, -0.15) is 5.26 Å². The van der Waals surface area contributed by atoms with Crippen LogP contribution in [0, 0.1) is 11.3 Å². The average molecular weight is 198 g/mol. The summed E-state index contributed by atoms with van der Waals surface area (Å²) in [6, 6.07) is 6.96. The molecule has 3 heteroatoms. The van der Waals surface area contributed by atoms with Crippen LogP contribution in [0.4, 0.5) is 4.39 Å². The average Bonchev–Trinajstić information content (AvgIpc) is 2.17. The van der Waals surface area contributed by atoms with Gasteiger partial charge in [0.05, 0.1) is 17.3 Å². The monoisotopic (exact) mass is 197 g/mol. The lowest BCUT2D eigenvalue weighted by Gasteiger charge is -2.07. The Morgan fingerprint density at radius 1 is 1.62 bits per heavy atom. The summed E-state index contributed by atoms with van der Waals surface area (Å²) in [6.45, 7) is 1.34. The Balaban J connectivity index is 3.08. The standard InChI is InChI=1S/C10H9ClFN/c1-7(5-12)8-2-3-10(11)9(4-8)6-13/h2-4,7H,5H2,1H3. The van der Waals surface area contributed by atoms with E-state index < -0.39 is 6.67 Å². The van der Waals surface area contributed by atoms with Crippen LogP contribution in [-0.4, -0.2) is 6.67 Å². The predicted molar refractivity (Wildman–Crippen MR) is 50.6 cm³/mol. The maximum absolute atomic E-state index is 12.3. The Labute approximate surface area is 81.8 Å². The summed E-state index contributed by atoms with van der Waals surface area (Å²) in [5.41, 5.74) is 1.21. The molecular formula is C10H9ClFN. The number of halogens is 2. The first-order chi connectivity index (χ1) is 6.19. The molecule has 0 bridgehead atoms. The quantitative estimate of drug-likeness (QED) is 0.714. The predicted octanol–water partition coefficient (Wildman–Crippen LogP) is 3.28. The molecule has 0 fully saturated rings. The first-order valence-corrected chi connectivity index (χ1v) is 4.32. The summed E-state index contributed by atoms with van der Waals surface area (Å²) in [6.07, 6.45) is 0. The van der Waals surface area contributed by atoms with Crippen molar-refractivity contribution in [2.75, 3.05) is 6.67 Å². The second-order valence-electron chi connectivity index (χ2n) is 2.91. The molecule has 0 amide bonds. The molecule has 0 saturated carbocycles. The van der Waals surface area contributed by atoms with E-state index in [4.69, 9.17) is 16.9 Å². The Morgan fingerprint density at radius 3 is 2.85 bits per heavy atom. The van der Waals surface area contributed by atoms with Crippen LogP contribution < -0.4 is 0 Å². The van der Waals surface area contributed by atoms with Crippen LogP contribution >= 0.6 is 11.6 Å². The Kier molecular flexibility index (Phi) is 3.27. The van der Waals surface area contributed by atoms with Crippen LogP contribution in [0.25, 0.3) is 0 Å². The van der Waals surface area contributed by atoms with E-state index in [-0.39, 0.29) is 5.92 Å². The number of nitriles is 1. The Bertz CT molecular complexity index is 343. The van der Waals surface area contributed by atoms with Crippen LogP contribution in [-0.2, 0) is 0 Å². The number of hydrogen-bond donors (Lipinski definition) is 0. The zero-order valence-electron chi connectivity index (χ0n) is 7.22. The van der Waals surface area contributed by atoms with Crippen molar-refractivity contribution in [2.45, 2.75) is 12.8 Å². The van der Waals surface area contributed by atoms with Crippen molar-refractivity contribution >= 4 is 11.6 Å². The normalized spacial score (nSPS) is 12.2. The summed E-state index contributed by atoms with van der Waals surface area (Å²) in [5, 5.41) is 9.08. The molecule has 1 rings (SSSR count). The third-order valence-corrected chi connectivity index (χ3v) is 2.24. The molecule has 0 saturated heterocycles. The lowest BCUT2D eigenvalue weighted by molar-refractivity contribution is 0.447. The van der Waals surface area contributed by atoms with E-state index in [2.05, 4.69) is 0 Å². The molecule has 0 radical (unpaired) electrons. The smallest absolute Gasteiger partial charge is 0.101 e. The molecule has 0 N–H and O–H groups in total.